The van der Waals surface area contributed by atoms with E-state index in [-0.39, 0.29) is 17.3 Å². The fourth-order valence-electron chi connectivity index (χ4n) is 2.38. The maximum atomic E-state index is 12.4. The second kappa shape index (κ2) is 6.76. The van der Waals surface area contributed by atoms with E-state index in [2.05, 4.69) is 5.32 Å². The predicted octanol–water partition coefficient (Wildman–Crippen LogP) is 3.44. The van der Waals surface area contributed by atoms with Gasteiger partial charge in [0, 0.05) is 16.6 Å². The number of rotatable bonds is 4. The van der Waals surface area contributed by atoms with Gasteiger partial charge in [-0.1, -0.05) is 35.9 Å². The first-order valence-electron chi connectivity index (χ1n) is 7.34. The topological polar surface area (TPSA) is 89.3 Å². The Labute approximate surface area is 154 Å². The highest BCUT2D eigenvalue weighted by Crippen LogP contribution is 2.35. The van der Waals surface area contributed by atoms with Gasteiger partial charge in [-0.25, -0.2) is 13.6 Å². The molecule has 0 aliphatic heterocycles. The van der Waals surface area contributed by atoms with Crippen molar-refractivity contribution in [3.05, 3.63) is 63.5 Å². The van der Waals surface area contributed by atoms with E-state index in [1.807, 2.05) is 25.1 Å². The van der Waals surface area contributed by atoms with Gasteiger partial charge in [0.05, 0.1) is 9.92 Å². The number of benzene rings is 2. The van der Waals surface area contributed by atoms with Crippen molar-refractivity contribution >= 4 is 49.0 Å². The summed E-state index contributed by atoms with van der Waals surface area (Å²) in [5.41, 5.74) is 1.86. The summed E-state index contributed by atoms with van der Waals surface area (Å²) >= 11 is 7.67. The smallest absolute Gasteiger partial charge is 0.263 e. The molecule has 3 N–H and O–H groups in total. The number of carbonyl (C=O) groups is 1. The van der Waals surface area contributed by atoms with E-state index >= 15 is 0 Å². The molecular formula is C17H15ClN2O3S2. The van der Waals surface area contributed by atoms with E-state index in [0.717, 1.165) is 21.2 Å². The fourth-order valence-corrected chi connectivity index (χ4v) is 4.43. The van der Waals surface area contributed by atoms with Gasteiger partial charge < -0.3 is 5.32 Å². The molecule has 0 spiro atoms. The molecule has 0 aliphatic rings. The van der Waals surface area contributed by atoms with Crippen molar-refractivity contribution < 1.29 is 13.2 Å². The fraction of sp³-hybridized carbons (Fsp3) is 0.118. The lowest BCUT2D eigenvalue weighted by Crippen LogP contribution is -2.22. The third-order valence-electron chi connectivity index (χ3n) is 3.70. The monoisotopic (exact) mass is 394 g/mol. The minimum absolute atomic E-state index is 0.0329. The quantitative estimate of drug-likeness (QED) is 0.710. The van der Waals surface area contributed by atoms with E-state index in [0.29, 0.717) is 9.90 Å². The van der Waals surface area contributed by atoms with Crippen LogP contribution in [0.25, 0.3) is 10.1 Å². The molecule has 8 heteroatoms. The van der Waals surface area contributed by atoms with Crippen LogP contribution >= 0.6 is 22.9 Å². The Balaban J connectivity index is 1.76. The van der Waals surface area contributed by atoms with E-state index in [1.165, 1.54) is 23.5 Å². The van der Waals surface area contributed by atoms with Crippen LogP contribution in [0.1, 0.15) is 20.8 Å². The Morgan fingerprint density at radius 3 is 2.52 bits per heavy atom. The van der Waals surface area contributed by atoms with Gasteiger partial charge in [-0.05, 0) is 36.2 Å². The summed E-state index contributed by atoms with van der Waals surface area (Å²) in [4.78, 5) is 12.9. The molecule has 0 bridgehead atoms. The van der Waals surface area contributed by atoms with Crippen molar-refractivity contribution in [1.29, 1.82) is 0 Å². The summed E-state index contributed by atoms with van der Waals surface area (Å²) in [5.74, 6) is -0.264. The highest BCUT2D eigenvalue weighted by Gasteiger charge is 2.17. The zero-order valence-corrected chi connectivity index (χ0v) is 15.6. The SMILES string of the molecule is Cc1ccc2c(Cl)c(C(=O)NCc3ccc(S(N)(=O)=O)cc3)sc2c1. The molecule has 2 aromatic carbocycles. The summed E-state index contributed by atoms with van der Waals surface area (Å²) in [5, 5.41) is 9.16. The van der Waals surface area contributed by atoms with Crippen LogP contribution in [-0.4, -0.2) is 14.3 Å². The average molecular weight is 395 g/mol. The Morgan fingerprint density at radius 1 is 1.20 bits per heavy atom. The maximum absolute atomic E-state index is 12.4. The predicted molar refractivity (Wildman–Crippen MR) is 101 cm³/mol. The molecule has 0 aliphatic carbocycles. The molecule has 130 valence electrons. The Bertz CT molecular complexity index is 1060. The van der Waals surface area contributed by atoms with Gasteiger partial charge >= 0.3 is 0 Å². The number of hydrogen-bond donors (Lipinski definition) is 2. The van der Waals surface area contributed by atoms with Crippen molar-refractivity contribution in [3.63, 3.8) is 0 Å². The molecule has 0 saturated heterocycles. The van der Waals surface area contributed by atoms with E-state index in [9.17, 15) is 13.2 Å². The molecule has 5 nitrogen and oxygen atoms in total. The van der Waals surface area contributed by atoms with Crippen molar-refractivity contribution in [2.24, 2.45) is 5.14 Å². The Hall–Kier alpha value is -1.93. The number of carbonyl (C=O) groups excluding carboxylic acids is 1. The molecular weight excluding hydrogens is 380 g/mol. The molecule has 0 atom stereocenters. The van der Waals surface area contributed by atoms with Crippen LogP contribution in [0, 0.1) is 6.92 Å². The molecule has 0 saturated carbocycles. The summed E-state index contributed by atoms with van der Waals surface area (Å²) in [6.07, 6.45) is 0. The maximum Gasteiger partial charge on any atom is 0.263 e. The van der Waals surface area contributed by atoms with Crippen LogP contribution in [-0.2, 0) is 16.6 Å². The van der Waals surface area contributed by atoms with Crippen LogP contribution in [0.2, 0.25) is 5.02 Å². The van der Waals surface area contributed by atoms with E-state index in [4.69, 9.17) is 16.7 Å². The number of nitrogens with two attached hydrogens (primary N) is 1. The number of sulfonamides is 1. The van der Waals surface area contributed by atoms with E-state index < -0.39 is 10.0 Å². The molecule has 1 aromatic heterocycles. The van der Waals surface area contributed by atoms with Crippen LogP contribution < -0.4 is 10.5 Å². The average Bonchev–Trinajstić information content (AvgIpc) is 2.88. The zero-order chi connectivity index (χ0) is 18.2. The van der Waals surface area contributed by atoms with Crippen molar-refractivity contribution in [2.75, 3.05) is 0 Å². The van der Waals surface area contributed by atoms with Gasteiger partial charge in [0.1, 0.15) is 4.88 Å². The van der Waals surface area contributed by atoms with Crippen molar-refractivity contribution in [3.8, 4) is 0 Å². The van der Waals surface area contributed by atoms with Gasteiger partial charge in [-0.3, -0.25) is 4.79 Å². The van der Waals surface area contributed by atoms with Gasteiger partial charge in [0.15, 0.2) is 0 Å². The first kappa shape index (κ1) is 17.9. The highest BCUT2D eigenvalue weighted by molar-refractivity contribution is 7.89. The second-order valence-corrected chi connectivity index (χ2v) is 8.61. The minimum atomic E-state index is -3.72. The molecule has 3 aromatic rings. The summed E-state index contributed by atoms with van der Waals surface area (Å²) < 4.78 is 23.4. The molecule has 1 amide bonds. The van der Waals surface area contributed by atoms with E-state index in [1.54, 1.807) is 12.1 Å². The van der Waals surface area contributed by atoms with Crippen LogP contribution in [0.3, 0.4) is 0 Å². The highest BCUT2D eigenvalue weighted by atomic mass is 35.5. The van der Waals surface area contributed by atoms with Crippen LogP contribution in [0.5, 0.6) is 0 Å². The Morgan fingerprint density at radius 2 is 1.88 bits per heavy atom. The molecule has 0 unspecified atom stereocenters. The molecule has 25 heavy (non-hydrogen) atoms. The van der Waals surface area contributed by atoms with Crippen molar-refractivity contribution in [2.45, 2.75) is 18.4 Å². The number of halogens is 1. The van der Waals surface area contributed by atoms with Crippen LogP contribution in [0.4, 0.5) is 0 Å². The van der Waals surface area contributed by atoms with Crippen molar-refractivity contribution in [1.82, 2.24) is 5.32 Å². The number of thiophene rings is 1. The van der Waals surface area contributed by atoms with Gasteiger partial charge in [-0.2, -0.15) is 0 Å². The van der Waals surface area contributed by atoms with Crippen LogP contribution in [0.15, 0.2) is 47.4 Å². The molecule has 3 rings (SSSR count). The summed E-state index contributed by atoms with van der Waals surface area (Å²) in [6.45, 7) is 2.24. The Kier molecular flexibility index (Phi) is 4.83. The first-order chi connectivity index (χ1) is 11.8. The lowest BCUT2D eigenvalue weighted by molar-refractivity contribution is 0.0955. The third kappa shape index (κ3) is 3.85. The largest absolute Gasteiger partial charge is 0.347 e. The summed E-state index contributed by atoms with van der Waals surface area (Å²) in [7, 11) is -3.72. The minimum Gasteiger partial charge on any atom is -0.347 e. The molecule has 0 radical (unpaired) electrons. The number of primary sulfonamides is 1. The standard InChI is InChI=1S/C17H15ClN2O3S2/c1-10-2-7-13-14(8-10)24-16(15(13)18)17(21)20-9-11-3-5-12(6-4-11)25(19,22)23/h2-8H,9H2,1H3,(H,20,21)(H2,19,22,23). The number of fused-ring (bicyclic) bond motifs is 1. The number of aryl methyl sites for hydroxylation is 1. The van der Waals surface area contributed by atoms with Gasteiger partial charge in [-0.15, -0.1) is 11.3 Å². The van der Waals surface area contributed by atoms with Gasteiger partial charge in [0.2, 0.25) is 10.0 Å². The summed E-state index contributed by atoms with van der Waals surface area (Å²) in [6, 6.07) is 11.9. The number of amides is 1. The van der Waals surface area contributed by atoms with Gasteiger partial charge in [0.25, 0.3) is 5.91 Å². The first-order valence-corrected chi connectivity index (χ1v) is 10.1. The normalized spacial score (nSPS) is 11.6. The number of hydrogen-bond acceptors (Lipinski definition) is 4. The zero-order valence-electron chi connectivity index (χ0n) is 13.2. The lowest BCUT2D eigenvalue weighted by Gasteiger charge is -2.05. The lowest BCUT2D eigenvalue weighted by atomic mass is 10.2. The molecule has 0 fully saturated rings. The third-order valence-corrected chi connectivity index (χ3v) is 6.28. The number of nitrogens with one attached hydrogen (secondary N) is 1. The second-order valence-electron chi connectivity index (χ2n) is 5.62. The molecule has 1 heterocycles.